The van der Waals surface area contributed by atoms with E-state index >= 15 is 0 Å². The molecule has 0 aromatic heterocycles. The Morgan fingerprint density at radius 1 is 1.25 bits per heavy atom. The predicted molar refractivity (Wildman–Crippen MR) is 82.4 cm³/mol. The molecule has 1 saturated carbocycles. The minimum Gasteiger partial charge on any atom is -0.341 e. The zero-order valence-electron chi connectivity index (χ0n) is 13.3. The molecule has 1 heterocycles. The molecule has 4 atom stereocenters. The zero-order chi connectivity index (χ0) is 14.7. The molecule has 4 nitrogen and oxygen atoms in total. The molecule has 20 heavy (non-hydrogen) atoms. The van der Waals surface area contributed by atoms with Crippen LogP contribution in [0.25, 0.3) is 0 Å². The first-order valence-corrected chi connectivity index (χ1v) is 8.36. The van der Waals surface area contributed by atoms with E-state index in [1.807, 2.05) is 0 Å². The third-order valence-electron chi connectivity index (χ3n) is 5.48. The molecule has 0 spiro atoms. The molecule has 4 unspecified atom stereocenters. The SMILES string of the molecule is CCN(CC)C1CCN(C(=O)C2CCCC(N)C2C)C1. The van der Waals surface area contributed by atoms with Crippen LogP contribution in [0.3, 0.4) is 0 Å². The van der Waals surface area contributed by atoms with Gasteiger partial charge < -0.3 is 10.6 Å². The molecular weight excluding hydrogens is 250 g/mol. The molecule has 1 aliphatic heterocycles. The summed E-state index contributed by atoms with van der Waals surface area (Å²) in [5, 5.41) is 0. The molecule has 2 fully saturated rings. The van der Waals surface area contributed by atoms with Gasteiger partial charge in [0.15, 0.2) is 0 Å². The quantitative estimate of drug-likeness (QED) is 0.853. The van der Waals surface area contributed by atoms with E-state index in [0.717, 1.165) is 51.9 Å². The van der Waals surface area contributed by atoms with Gasteiger partial charge in [-0.1, -0.05) is 27.2 Å². The van der Waals surface area contributed by atoms with E-state index in [9.17, 15) is 4.79 Å². The second kappa shape index (κ2) is 6.90. The van der Waals surface area contributed by atoms with Crippen LogP contribution >= 0.6 is 0 Å². The van der Waals surface area contributed by atoms with Gasteiger partial charge in [-0.25, -0.2) is 0 Å². The van der Waals surface area contributed by atoms with Crippen molar-refractivity contribution in [3.05, 3.63) is 0 Å². The number of hydrogen-bond donors (Lipinski definition) is 1. The molecule has 0 aromatic rings. The standard InChI is InChI=1S/C16H31N3O/c1-4-18(5-2)13-9-10-19(11-13)16(20)14-7-6-8-15(17)12(14)3/h12-15H,4-11,17H2,1-3H3. The lowest BCUT2D eigenvalue weighted by Crippen LogP contribution is -2.46. The van der Waals surface area contributed by atoms with Crippen LogP contribution in [0, 0.1) is 11.8 Å². The first-order valence-electron chi connectivity index (χ1n) is 8.36. The van der Waals surface area contributed by atoms with Crippen molar-refractivity contribution in [3.63, 3.8) is 0 Å². The fourth-order valence-electron chi connectivity index (χ4n) is 3.96. The predicted octanol–water partition coefficient (Wildman–Crippen LogP) is 1.69. The van der Waals surface area contributed by atoms with Gasteiger partial charge >= 0.3 is 0 Å². The summed E-state index contributed by atoms with van der Waals surface area (Å²) in [7, 11) is 0. The van der Waals surface area contributed by atoms with Crippen LogP contribution < -0.4 is 5.73 Å². The maximum absolute atomic E-state index is 12.8. The summed E-state index contributed by atoms with van der Waals surface area (Å²) in [6.07, 6.45) is 4.34. The average Bonchev–Trinajstić information content (AvgIpc) is 2.92. The number of rotatable bonds is 4. The maximum Gasteiger partial charge on any atom is 0.226 e. The number of hydrogen-bond acceptors (Lipinski definition) is 3. The van der Waals surface area contributed by atoms with Gasteiger partial charge in [0.1, 0.15) is 0 Å². The summed E-state index contributed by atoms with van der Waals surface area (Å²) in [5.74, 6) is 0.861. The monoisotopic (exact) mass is 281 g/mol. The molecule has 2 N–H and O–H groups in total. The number of carbonyl (C=O) groups excluding carboxylic acids is 1. The number of likely N-dealkylation sites (N-methyl/N-ethyl adjacent to an activating group) is 1. The number of nitrogens with zero attached hydrogens (tertiary/aromatic N) is 2. The summed E-state index contributed by atoms with van der Waals surface area (Å²) < 4.78 is 0. The molecule has 0 radical (unpaired) electrons. The maximum atomic E-state index is 12.8. The number of likely N-dealkylation sites (tertiary alicyclic amines) is 1. The largest absolute Gasteiger partial charge is 0.341 e. The van der Waals surface area contributed by atoms with E-state index in [2.05, 4.69) is 30.6 Å². The molecule has 1 aliphatic carbocycles. The van der Waals surface area contributed by atoms with E-state index in [1.165, 1.54) is 0 Å². The van der Waals surface area contributed by atoms with Crippen LogP contribution in [0.4, 0.5) is 0 Å². The van der Waals surface area contributed by atoms with Gasteiger partial charge in [-0.15, -0.1) is 0 Å². The Morgan fingerprint density at radius 2 is 1.95 bits per heavy atom. The molecule has 2 aliphatic rings. The number of amides is 1. The van der Waals surface area contributed by atoms with Crippen LogP contribution in [0.2, 0.25) is 0 Å². The second-order valence-corrected chi connectivity index (χ2v) is 6.51. The summed E-state index contributed by atoms with van der Waals surface area (Å²) in [6, 6.07) is 0.764. The molecule has 1 amide bonds. The van der Waals surface area contributed by atoms with E-state index in [4.69, 9.17) is 5.73 Å². The van der Waals surface area contributed by atoms with Gasteiger partial charge in [0, 0.05) is 31.1 Å². The Labute approximate surface area is 123 Å². The van der Waals surface area contributed by atoms with Gasteiger partial charge in [-0.3, -0.25) is 9.69 Å². The second-order valence-electron chi connectivity index (χ2n) is 6.51. The van der Waals surface area contributed by atoms with Gasteiger partial charge in [0.25, 0.3) is 0 Å². The van der Waals surface area contributed by atoms with Crippen molar-refractivity contribution < 1.29 is 4.79 Å². The van der Waals surface area contributed by atoms with Gasteiger partial charge in [-0.05, 0) is 38.3 Å². The average molecular weight is 281 g/mol. The third-order valence-corrected chi connectivity index (χ3v) is 5.48. The van der Waals surface area contributed by atoms with Gasteiger partial charge in [0.05, 0.1) is 0 Å². The fourth-order valence-corrected chi connectivity index (χ4v) is 3.96. The minimum absolute atomic E-state index is 0.161. The number of carbonyl (C=O) groups is 1. The van der Waals surface area contributed by atoms with Crippen LogP contribution in [0.15, 0.2) is 0 Å². The van der Waals surface area contributed by atoms with Crippen molar-refractivity contribution in [2.24, 2.45) is 17.6 Å². The van der Waals surface area contributed by atoms with Gasteiger partial charge in [-0.2, -0.15) is 0 Å². The highest BCUT2D eigenvalue weighted by Gasteiger charge is 2.38. The minimum atomic E-state index is 0.161. The lowest BCUT2D eigenvalue weighted by Gasteiger charge is -2.35. The highest BCUT2D eigenvalue weighted by atomic mass is 16.2. The number of nitrogens with two attached hydrogens (primary N) is 1. The Balaban J connectivity index is 1.94. The lowest BCUT2D eigenvalue weighted by atomic mass is 9.76. The lowest BCUT2D eigenvalue weighted by molar-refractivity contribution is -0.137. The first-order chi connectivity index (χ1) is 9.58. The van der Waals surface area contributed by atoms with Crippen molar-refractivity contribution in [1.29, 1.82) is 0 Å². The van der Waals surface area contributed by atoms with Crippen molar-refractivity contribution in [3.8, 4) is 0 Å². The van der Waals surface area contributed by atoms with Crippen molar-refractivity contribution >= 4 is 5.91 Å². The Hall–Kier alpha value is -0.610. The Morgan fingerprint density at radius 3 is 2.60 bits per heavy atom. The van der Waals surface area contributed by atoms with E-state index in [1.54, 1.807) is 0 Å². The van der Waals surface area contributed by atoms with Crippen LogP contribution in [-0.2, 0) is 4.79 Å². The fraction of sp³-hybridized carbons (Fsp3) is 0.938. The van der Waals surface area contributed by atoms with Crippen LogP contribution in [-0.4, -0.2) is 54.0 Å². The van der Waals surface area contributed by atoms with Crippen molar-refractivity contribution in [1.82, 2.24) is 9.80 Å². The summed E-state index contributed by atoms with van der Waals surface area (Å²) in [5.41, 5.74) is 6.14. The molecule has 2 rings (SSSR count). The summed E-state index contributed by atoms with van der Waals surface area (Å²) in [6.45, 7) is 10.6. The first kappa shape index (κ1) is 15.8. The van der Waals surface area contributed by atoms with E-state index < -0.39 is 0 Å². The summed E-state index contributed by atoms with van der Waals surface area (Å²) >= 11 is 0. The van der Waals surface area contributed by atoms with Crippen LogP contribution in [0.5, 0.6) is 0 Å². The Kier molecular flexibility index (Phi) is 5.44. The molecule has 116 valence electrons. The topological polar surface area (TPSA) is 49.6 Å². The van der Waals surface area contributed by atoms with E-state index in [-0.39, 0.29) is 12.0 Å². The molecule has 0 bridgehead atoms. The molecule has 1 saturated heterocycles. The van der Waals surface area contributed by atoms with Gasteiger partial charge in [0.2, 0.25) is 5.91 Å². The van der Waals surface area contributed by atoms with Crippen LogP contribution in [0.1, 0.15) is 46.5 Å². The summed E-state index contributed by atoms with van der Waals surface area (Å²) in [4.78, 5) is 17.3. The molecule has 0 aromatic carbocycles. The highest BCUT2D eigenvalue weighted by Crippen LogP contribution is 2.31. The molecule has 4 heteroatoms. The molecular formula is C16H31N3O. The van der Waals surface area contributed by atoms with Crippen molar-refractivity contribution in [2.45, 2.75) is 58.5 Å². The van der Waals surface area contributed by atoms with Crippen molar-refractivity contribution in [2.75, 3.05) is 26.2 Å². The Bertz CT molecular complexity index is 330. The third kappa shape index (κ3) is 3.17. The smallest absolute Gasteiger partial charge is 0.226 e. The van der Waals surface area contributed by atoms with E-state index in [0.29, 0.717) is 17.9 Å². The normalized spacial score (nSPS) is 34.8. The highest BCUT2D eigenvalue weighted by molar-refractivity contribution is 5.79. The zero-order valence-corrected chi connectivity index (χ0v) is 13.3.